The van der Waals surface area contributed by atoms with Crippen molar-refractivity contribution in [1.82, 2.24) is 0 Å². The van der Waals surface area contributed by atoms with Gasteiger partial charge in [0.2, 0.25) is 6.10 Å². The summed E-state index contributed by atoms with van der Waals surface area (Å²) in [6, 6.07) is 0.843. The zero-order valence-electron chi connectivity index (χ0n) is 13.2. The zero-order chi connectivity index (χ0) is 18.7. The average molecular weight is 362 g/mol. The second-order valence-corrected chi connectivity index (χ2v) is 6.12. The molecule has 1 aromatic rings. The van der Waals surface area contributed by atoms with Gasteiger partial charge >= 0.3 is 16.4 Å². The van der Waals surface area contributed by atoms with Crippen LogP contribution in [0.3, 0.4) is 0 Å². The van der Waals surface area contributed by atoms with E-state index in [1.54, 1.807) is 19.9 Å². The van der Waals surface area contributed by atoms with Gasteiger partial charge in [0.25, 0.3) is 0 Å². The van der Waals surface area contributed by atoms with Crippen molar-refractivity contribution < 1.29 is 42.0 Å². The van der Waals surface area contributed by atoms with Crippen molar-refractivity contribution in [2.75, 3.05) is 7.11 Å². The van der Waals surface area contributed by atoms with Crippen LogP contribution in [0, 0.1) is 0 Å². The fourth-order valence-corrected chi connectivity index (χ4v) is 2.44. The van der Waals surface area contributed by atoms with E-state index in [1.807, 2.05) is 0 Å². The van der Waals surface area contributed by atoms with E-state index in [0.717, 1.165) is 18.7 Å². The van der Waals surface area contributed by atoms with Crippen LogP contribution in [-0.2, 0) is 25.8 Å². The first kappa shape index (κ1) is 19.7. The molecule has 1 rings (SSSR count). The summed E-state index contributed by atoms with van der Waals surface area (Å²) >= 11 is 0. The molecule has 0 aliphatic carbocycles. The third kappa shape index (κ3) is 4.85. The summed E-state index contributed by atoms with van der Waals surface area (Å²) in [5.74, 6) is -3.19. The molecule has 10 heteroatoms. The van der Waals surface area contributed by atoms with E-state index in [4.69, 9.17) is 9.29 Å². The summed E-state index contributed by atoms with van der Waals surface area (Å²) in [5.41, 5.74) is 0.476. The highest BCUT2D eigenvalue weighted by atomic mass is 32.3. The monoisotopic (exact) mass is 362 g/mol. The van der Waals surface area contributed by atoms with Gasteiger partial charge in [-0.15, -0.1) is 0 Å². The average Bonchev–Trinajstić information content (AvgIpc) is 2.42. The summed E-state index contributed by atoms with van der Waals surface area (Å²) in [6.45, 7) is 3.60. The maximum absolute atomic E-state index is 11.3. The Morgan fingerprint density at radius 3 is 2.29 bits per heavy atom. The first-order chi connectivity index (χ1) is 11.0. The number of carboxylic acid groups (broad SMARTS) is 1. The van der Waals surface area contributed by atoms with Gasteiger partial charge in [0, 0.05) is 11.6 Å². The third-order valence-corrected chi connectivity index (χ3v) is 3.44. The van der Waals surface area contributed by atoms with Gasteiger partial charge in [0.15, 0.2) is 0 Å². The molecule has 0 heterocycles. The summed E-state index contributed by atoms with van der Waals surface area (Å²) in [7, 11) is -3.98. The second-order valence-electron chi connectivity index (χ2n) is 5.07. The molecule has 0 fully saturated rings. The molecule has 0 aliphatic heterocycles. The fraction of sp³-hybridized carbons (Fsp3) is 0.357. The molecule has 1 aromatic carbocycles. The van der Waals surface area contributed by atoms with Crippen LogP contribution in [0.2, 0.25) is 0 Å². The maximum Gasteiger partial charge on any atom is 0.398 e. The number of benzene rings is 1. The minimum Gasteiger partial charge on any atom is -0.507 e. The quantitative estimate of drug-likeness (QED) is 0.418. The van der Waals surface area contributed by atoms with Gasteiger partial charge in [-0.25, -0.2) is 8.98 Å². The lowest BCUT2D eigenvalue weighted by molar-refractivity contribution is -0.145. The van der Waals surface area contributed by atoms with Gasteiger partial charge < -0.3 is 20.1 Å². The zero-order valence-corrected chi connectivity index (χ0v) is 14.0. The highest BCUT2D eigenvalue weighted by molar-refractivity contribution is 7.80. The number of ether oxygens (including phenoxy) is 1. The van der Waals surface area contributed by atoms with E-state index in [-0.39, 0.29) is 23.5 Å². The molecule has 0 aromatic heterocycles. The van der Waals surface area contributed by atoms with Crippen LogP contribution < -0.4 is 4.74 Å². The van der Waals surface area contributed by atoms with Crippen LogP contribution >= 0.6 is 0 Å². The molecule has 0 saturated heterocycles. The molecule has 24 heavy (non-hydrogen) atoms. The van der Waals surface area contributed by atoms with Crippen molar-refractivity contribution in [3.05, 3.63) is 28.8 Å². The Kier molecular flexibility index (Phi) is 6.18. The topological polar surface area (TPSA) is 151 Å². The molecule has 0 amide bonds. The maximum atomic E-state index is 11.3. The molecular formula is C14H18O9S. The molecule has 0 aliphatic rings. The highest BCUT2D eigenvalue weighted by Crippen LogP contribution is 2.43. The molecule has 0 spiro atoms. The van der Waals surface area contributed by atoms with E-state index < -0.39 is 33.8 Å². The van der Waals surface area contributed by atoms with E-state index in [0.29, 0.717) is 0 Å². The lowest BCUT2D eigenvalue weighted by Gasteiger charge is -2.19. The minimum absolute atomic E-state index is 0.122. The predicted octanol–water partition coefficient (Wildman–Crippen LogP) is 1.56. The third-order valence-electron chi connectivity index (χ3n) is 3.00. The van der Waals surface area contributed by atoms with Crippen molar-refractivity contribution in [1.29, 1.82) is 0 Å². The van der Waals surface area contributed by atoms with Crippen LogP contribution in [0.5, 0.6) is 17.2 Å². The molecule has 4 N–H and O–H groups in total. The predicted molar refractivity (Wildman–Crippen MR) is 82.5 cm³/mol. The Labute approximate surface area is 138 Å². The van der Waals surface area contributed by atoms with Crippen LogP contribution in [-0.4, -0.2) is 41.4 Å². The number of carboxylic acids is 1. The summed E-state index contributed by atoms with van der Waals surface area (Å²) in [5, 5.41) is 29.1. The van der Waals surface area contributed by atoms with Gasteiger partial charge in [0.1, 0.15) is 17.2 Å². The van der Waals surface area contributed by atoms with Gasteiger partial charge in [0.05, 0.1) is 12.7 Å². The molecule has 0 bridgehead atoms. The van der Waals surface area contributed by atoms with Crippen LogP contribution in [0.4, 0.5) is 0 Å². The molecule has 1 atom stereocenters. The van der Waals surface area contributed by atoms with Gasteiger partial charge in [-0.3, -0.25) is 4.55 Å². The summed E-state index contributed by atoms with van der Waals surface area (Å²) in [4.78, 5) is 11.3. The Morgan fingerprint density at radius 1 is 1.29 bits per heavy atom. The number of methoxy groups -OCH3 is 1. The first-order valence-corrected chi connectivity index (χ1v) is 7.98. The van der Waals surface area contributed by atoms with Crippen molar-refractivity contribution in [2.45, 2.75) is 26.4 Å². The SMILES string of the molecule is COc1c(CC=C(C)C)c(O)cc(O)c1C(OS(=O)(=O)O)C(=O)O. The smallest absolute Gasteiger partial charge is 0.398 e. The van der Waals surface area contributed by atoms with Crippen LogP contribution in [0.1, 0.15) is 31.1 Å². The fourth-order valence-electron chi connectivity index (χ4n) is 2.01. The van der Waals surface area contributed by atoms with Crippen molar-refractivity contribution in [2.24, 2.45) is 0 Å². The lowest BCUT2D eigenvalue weighted by atomic mass is 9.99. The van der Waals surface area contributed by atoms with Crippen molar-refractivity contribution in [3.63, 3.8) is 0 Å². The van der Waals surface area contributed by atoms with E-state index >= 15 is 0 Å². The van der Waals surface area contributed by atoms with Gasteiger partial charge in [-0.05, 0) is 20.3 Å². The molecule has 134 valence electrons. The van der Waals surface area contributed by atoms with Gasteiger partial charge in [-0.2, -0.15) is 8.42 Å². The number of hydrogen-bond donors (Lipinski definition) is 4. The Bertz CT molecular complexity index is 761. The number of phenols is 2. The van der Waals surface area contributed by atoms with Crippen molar-refractivity contribution in [3.8, 4) is 17.2 Å². The molecule has 1 unspecified atom stereocenters. The normalized spacial score (nSPS) is 12.5. The number of hydrogen-bond acceptors (Lipinski definition) is 7. The van der Waals surface area contributed by atoms with Gasteiger partial charge in [-0.1, -0.05) is 11.6 Å². The van der Waals surface area contributed by atoms with Crippen LogP contribution in [0.15, 0.2) is 17.7 Å². The molecule has 0 radical (unpaired) electrons. The number of allylic oxidation sites excluding steroid dienone is 2. The minimum atomic E-state index is -5.13. The Hall–Kier alpha value is -2.30. The molecule has 9 nitrogen and oxygen atoms in total. The standard InChI is InChI=1S/C14H18O9S/c1-7(2)4-5-8-9(15)6-10(16)11(12(8)22-3)13(14(17)18)23-24(19,20)21/h4,6,13,15-16H,5H2,1-3H3,(H,17,18)(H,19,20,21). The second kappa shape index (κ2) is 7.51. The Morgan fingerprint density at radius 2 is 1.88 bits per heavy atom. The van der Waals surface area contributed by atoms with Crippen molar-refractivity contribution >= 4 is 16.4 Å². The number of rotatable bonds is 7. The summed E-state index contributed by atoms with van der Waals surface area (Å²) < 4.78 is 39.7. The van der Waals surface area contributed by atoms with Crippen LogP contribution in [0.25, 0.3) is 0 Å². The highest BCUT2D eigenvalue weighted by Gasteiger charge is 2.34. The van der Waals surface area contributed by atoms with E-state index in [2.05, 4.69) is 4.18 Å². The first-order valence-electron chi connectivity index (χ1n) is 6.61. The molecule has 0 saturated carbocycles. The number of aliphatic carboxylic acids is 1. The number of carbonyl (C=O) groups is 1. The van der Waals surface area contributed by atoms with E-state index in [9.17, 15) is 28.5 Å². The number of phenolic OH excluding ortho intramolecular Hbond substituents is 2. The molecular weight excluding hydrogens is 344 g/mol. The lowest BCUT2D eigenvalue weighted by Crippen LogP contribution is -2.20. The Balaban J connectivity index is 3.63. The van der Waals surface area contributed by atoms with E-state index in [1.165, 1.54) is 0 Å². The largest absolute Gasteiger partial charge is 0.507 e. The summed E-state index contributed by atoms with van der Waals surface area (Å²) in [6.07, 6.45) is -0.429. The number of aromatic hydroxyl groups is 2.